The van der Waals surface area contributed by atoms with E-state index < -0.39 is 0 Å². The lowest BCUT2D eigenvalue weighted by Gasteiger charge is -2.25. The van der Waals surface area contributed by atoms with Gasteiger partial charge in [0, 0.05) is 6.61 Å². The molecule has 3 nitrogen and oxygen atoms in total. The SMILES string of the molecule is CCOC(C)C(NN)c1cccc(C)c1C. The summed E-state index contributed by atoms with van der Waals surface area (Å²) in [6, 6.07) is 6.31. The number of ether oxygens (including phenoxy) is 1. The summed E-state index contributed by atoms with van der Waals surface area (Å²) in [5.41, 5.74) is 6.61. The predicted octanol–water partition coefficient (Wildman–Crippen LogP) is 2.23. The van der Waals surface area contributed by atoms with E-state index in [2.05, 4.69) is 37.5 Å². The summed E-state index contributed by atoms with van der Waals surface area (Å²) in [4.78, 5) is 0. The molecule has 90 valence electrons. The molecule has 2 unspecified atom stereocenters. The van der Waals surface area contributed by atoms with Gasteiger partial charge in [-0.2, -0.15) is 0 Å². The number of rotatable bonds is 5. The summed E-state index contributed by atoms with van der Waals surface area (Å²) >= 11 is 0. The van der Waals surface area contributed by atoms with Crippen LogP contribution in [0.3, 0.4) is 0 Å². The molecule has 1 aromatic rings. The molecule has 16 heavy (non-hydrogen) atoms. The van der Waals surface area contributed by atoms with Crippen LogP contribution in [0.5, 0.6) is 0 Å². The lowest BCUT2D eigenvalue weighted by molar-refractivity contribution is 0.0471. The monoisotopic (exact) mass is 222 g/mol. The maximum atomic E-state index is 5.62. The summed E-state index contributed by atoms with van der Waals surface area (Å²) in [5, 5.41) is 0. The van der Waals surface area contributed by atoms with Gasteiger partial charge in [-0.1, -0.05) is 18.2 Å². The molecule has 0 aliphatic heterocycles. The molecule has 3 heteroatoms. The van der Waals surface area contributed by atoms with Crippen molar-refractivity contribution in [2.24, 2.45) is 5.84 Å². The Morgan fingerprint density at radius 1 is 1.38 bits per heavy atom. The van der Waals surface area contributed by atoms with Crippen molar-refractivity contribution < 1.29 is 4.74 Å². The molecule has 3 N–H and O–H groups in total. The average molecular weight is 222 g/mol. The Morgan fingerprint density at radius 3 is 2.62 bits per heavy atom. The Morgan fingerprint density at radius 2 is 2.06 bits per heavy atom. The molecule has 0 saturated carbocycles. The number of nitrogens with one attached hydrogen (secondary N) is 1. The number of hydrazine groups is 1. The summed E-state index contributed by atoms with van der Waals surface area (Å²) in [6.07, 6.45) is 0.0653. The maximum Gasteiger partial charge on any atom is 0.0754 e. The van der Waals surface area contributed by atoms with Crippen LogP contribution >= 0.6 is 0 Å². The molecule has 0 aliphatic carbocycles. The van der Waals surface area contributed by atoms with E-state index in [0.717, 1.165) is 0 Å². The van der Waals surface area contributed by atoms with E-state index in [9.17, 15) is 0 Å². The summed E-state index contributed by atoms with van der Waals surface area (Å²) in [7, 11) is 0. The fourth-order valence-electron chi connectivity index (χ4n) is 1.95. The maximum absolute atomic E-state index is 5.62. The minimum absolute atomic E-state index is 0.0415. The van der Waals surface area contributed by atoms with Gasteiger partial charge in [-0.25, -0.2) is 0 Å². The second-order valence-electron chi connectivity index (χ2n) is 4.09. The van der Waals surface area contributed by atoms with Crippen molar-refractivity contribution in [1.82, 2.24) is 5.43 Å². The van der Waals surface area contributed by atoms with E-state index in [1.54, 1.807) is 0 Å². The molecule has 2 atom stereocenters. The van der Waals surface area contributed by atoms with Gasteiger partial charge in [0.1, 0.15) is 0 Å². The lowest BCUT2D eigenvalue weighted by atomic mass is 9.95. The van der Waals surface area contributed by atoms with Crippen molar-refractivity contribution in [3.63, 3.8) is 0 Å². The topological polar surface area (TPSA) is 47.3 Å². The van der Waals surface area contributed by atoms with Crippen LogP contribution in [0.1, 0.15) is 36.6 Å². The molecule has 0 aliphatic rings. The van der Waals surface area contributed by atoms with Crippen molar-refractivity contribution in [2.75, 3.05) is 6.61 Å². The Kier molecular flexibility index (Phi) is 4.93. The molecular weight excluding hydrogens is 200 g/mol. The van der Waals surface area contributed by atoms with Crippen LogP contribution in [0.4, 0.5) is 0 Å². The molecule has 0 bridgehead atoms. The first kappa shape index (κ1) is 13.2. The third kappa shape index (κ3) is 2.82. The predicted molar refractivity (Wildman–Crippen MR) is 67.1 cm³/mol. The van der Waals surface area contributed by atoms with E-state index in [1.807, 2.05) is 13.8 Å². The van der Waals surface area contributed by atoms with Crippen molar-refractivity contribution in [3.05, 3.63) is 34.9 Å². The van der Waals surface area contributed by atoms with Crippen molar-refractivity contribution >= 4 is 0 Å². The minimum Gasteiger partial charge on any atom is -0.377 e. The third-order valence-electron chi connectivity index (χ3n) is 3.06. The van der Waals surface area contributed by atoms with Crippen LogP contribution in [0, 0.1) is 13.8 Å². The zero-order valence-corrected chi connectivity index (χ0v) is 10.6. The zero-order chi connectivity index (χ0) is 12.1. The van der Waals surface area contributed by atoms with Crippen LogP contribution in [-0.2, 0) is 4.74 Å². The van der Waals surface area contributed by atoms with Gasteiger partial charge >= 0.3 is 0 Å². The standard InChI is InChI=1S/C13H22N2O/c1-5-16-11(4)13(15-14)12-8-6-7-9(2)10(12)3/h6-8,11,13,15H,5,14H2,1-4H3. The molecule has 0 aromatic heterocycles. The average Bonchev–Trinajstić information content (AvgIpc) is 2.25. The quantitative estimate of drug-likeness (QED) is 0.593. The Balaban J connectivity index is 2.99. The van der Waals surface area contributed by atoms with Gasteiger partial charge in [0.05, 0.1) is 12.1 Å². The summed E-state index contributed by atoms with van der Waals surface area (Å²) in [6.45, 7) is 8.96. The van der Waals surface area contributed by atoms with Gasteiger partial charge in [0.25, 0.3) is 0 Å². The van der Waals surface area contributed by atoms with Crippen molar-refractivity contribution in [2.45, 2.75) is 39.8 Å². The van der Waals surface area contributed by atoms with E-state index in [1.165, 1.54) is 16.7 Å². The third-order valence-corrected chi connectivity index (χ3v) is 3.06. The first-order valence-electron chi connectivity index (χ1n) is 5.75. The lowest BCUT2D eigenvalue weighted by Crippen LogP contribution is -2.37. The molecule has 1 aromatic carbocycles. The fraction of sp³-hybridized carbons (Fsp3) is 0.538. The molecule has 0 spiro atoms. The van der Waals surface area contributed by atoms with Crippen LogP contribution in [0.15, 0.2) is 18.2 Å². The highest BCUT2D eigenvalue weighted by atomic mass is 16.5. The smallest absolute Gasteiger partial charge is 0.0754 e. The Labute approximate surface area is 98.0 Å². The summed E-state index contributed by atoms with van der Waals surface area (Å²) < 4.78 is 5.60. The van der Waals surface area contributed by atoms with Crippen molar-refractivity contribution in [3.8, 4) is 0 Å². The second-order valence-corrected chi connectivity index (χ2v) is 4.09. The van der Waals surface area contributed by atoms with Gasteiger partial charge in [0.2, 0.25) is 0 Å². The molecule has 0 heterocycles. The minimum atomic E-state index is 0.0415. The number of hydrogen-bond acceptors (Lipinski definition) is 3. The molecule has 0 radical (unpaired) electrons. The van der Waals surface area contributed by atoms with Crippen LogP contribution in [0.2, 0.25) is 0 Å². The molecule has 1 rings (SSSR count). The van der Waals surface area contributed by atoms with Crippen LogP contribution in [0.25, 0.3) is 0 Å². The van der Waals surface area contributed by atoms with Gasteiger partial charge in [-0.15, -0.1) is 0 Å². The Bertz CT molecular complexity index is 339. The zero-order valence-electron chi connectivity index (χ0n) is 10.6. The first-order valence-corrected chi connectivity index (χ1v) is 5.75. The number of hydrogen-bond donors (Lipinski definition) is 2. The normalized spacial score (nSPS) is 14.8. The van der Waals surface area contributed by atoms with E-state index in [0.29, 0.717) is 6.61 Å². The first-order chi connectivity index (χ1) is 7.61. The van der Waals surface area contributed by atoms with Gasteiger partial charge in [-0.3, -0.25) is 11.3 Å². The van der Waals surface area contributed by atoms with Gasteiger partial charge < -0.3 is 4.74 Å². The van der Waals surface area contributed by atoms with Gasteiger partial charge in [0.15, 0.2) is 0 Å². The molecule has 0 amide bonds. The van der Waals surface area contributed by atoms with Gasteiger partial charge in [-0.05, 0) is 44.4 Å². The van der Waals surface area contributed by atoms with Crippen LogP contribution in [-0.4, -0.2) is 12.7 Å². The van der Waals surface area contributed by atoms with E-state index in [4.69, 9.17) is 10.6 Å². The largest absolute Gasteiger partial charge is 0.377 e. The highest BCUT2D eigenvalue weighted by molar-refractivity contribution is 5.35. The number of nitrogens with two attached hydrogens (primary N) is 1. The highest BCUT2D eigenvalue weighted by Crippen LogP contribution is 2.23. The van der Waals surface area contributed by atoms with E-state index in [-0.39, 0.29) is 12.1 Å². The second kappa shape index (κ2) is 5.99. The number of benzene rings is 1. The van der Waals surface area contributed by atoms with Crippen LogP contribution < -0.4 is 11.3 Å². The number of aryl methyl sites for hydroxylation is 1. The molecule has 0 fully saturated rings. The van der Waals surface area contributed by atoms with Crippen molar-refractivity contribution in [1.29, 1.82) is 0 Å². The fourth-order valence-corrected chi connectivity index (χ4v) is 1.95. The highest BCUT2D eigenvalue weighted by Gasteiger charge is 2.20. The van der Waals surface area contributed by atoms with E-state index >= 15 is 0 Å². The molecular formula is C13H22N2O. The summed E-state index contributed by atoms with van der Waals surface area (Å²) in [5.74, 6) is 5.62. The molecule has 0 saturated heterocycles. The Hall–Kier alpha value is -0.900.